The van der Waals surface area contributed by atoms with E-state index in [-0.39, 0.29) is 0 Å². The lowest BCUT2D eigenvalue weighted by Crippen LogP contribution is -2.16. The van der Waals surface area contributed by atoms with Gasteiger partial charge in [-0.3, -0.25) is 4.98 Å². The number of rotatable bonds is 5. The van der Waals surface area contributed by atoms with Crippen LogP contribution in [0.1, 0.15) is 16.7 Å². The van der Waals surface area contributed by atoms with E-state index in [2.05, 4.69) is 118 Å². The quantitative estimate of drug-likeness (QED) is 0.170. The highest BCUT2D eigenvalue weighted by molar-refractivity contribution is 5.89. The van der Waals surface area contributed by atoms with Gasteiger partial charge in [0.2, 0.25) is 0 Å². The van der Waals surface area contributed by atoms with Gasteiger partial charge in [-0.05, 0) is 89.7 Å². The maximum Gasteiger partial charge on any atom is 0.137 e. The van der Waals surface area contributed by atoms with Gasteiger partial charge in [-0.2, -0.15) is 0 Å². The second-order valence-corrected chi connectivity index (χ2v) is 12.6. The number of benzene rings is 5. The number of pyridine rings is 1. The summed E-state index contributed by atoms with van der Waals surface area (Å²) in [5.74, 6) is 2.99. The minimum absolute atomic E-state index is 0.716. The predicted molar refractivity (Wildman–Crippen MR) is 207 cm³/mol. The molecule has 0 aliphatic carbocycles. The monoisotopic (exact) mass is 662 g/mol. The number of nitrogens with zero attached hydrogens (tertiary/aromatic N) is 1. The van der Waals surface area contributed by atoms with Crippen molar-refractivity contribution >= 4 is 28.2 Å². The minimum Gasteiger partial charge on any atom is -0.456 e. The van der Waals surface area contributed by atoms with Gasteiger partial charge < -0.3 is 25.4 Å². The van der Waals surface area contributed by atoms with Gasteiger partial charge in [0, 0.05) is 82.0 Å². The van der Waals surface area contributed by atoms with E-state index in [1.807, 2.05) is 60.9 Å². The summed E-state index contributed by atoms with van der Waals surface area (Å²) in [5.41, 5.74) is 12.4. The summed E-state index contributed by atoms with van der Waals surface area (Å²) in [7, 11) is 0. The summed E-state index contributed by atoms with van der Waals surface area (Å²) in [5, 5.41) is 10.5. The molecule has 6 nitrogen and oxygen atoms in total. The molecule has 0 amide bonds. The molecule has 0 spiro atoms. The third-order valence-corrected chi connectivity index (χ3v) is 9.33. The average molecular weight is 663 g/mol. The molecule has 3 N–H and O–H groups in total. The van der Waals surface area contributed by atoms with Crippen molar-refractivity contribution in [2.75, 3.05) is 18.4 Å². The Morgan fingerprint density at radius 3 is 2.08 bits per heavy atom. The Hall–Kier alpha value is -6.79. The molecule has 3 aliphatic rings. The first-order valence-corrected chi connectivity index (χ1v) is 17.1. The molecule has 0 fully saturated rings. The molecule has 0 saturated heterocycles. The maximum absolute atomic E-state index is 6.92. The number of nitrogens with one attached hydrogen (secondary N) is 3. The van der Waals surface area contributed by atoms with E-state index in [9.17, 15) is 0 Å². The van der Waals surface area contributed by atoms with E-state index in [4.69, 9.17) is 9.47 Å². The molecule has 0 unspecified atom stereocenters. The number of allylic oxidation sites excluding steroid dienone is 4. The fourth-order valence-corrected chi connectivity index (χ4v) is 6.83. The smallest absolute Gasteiger partial charge is 0.137 e. The van der Waals surface area contributed by atoms with Crippen LogP contribution in [0, 0.1) is 0 Å². The summed E-state index contributed by atoms with van der Waals surface area (Å²) in [6, 6.07) is 41.5. The lowest BCUT2D eigenvalue weighted by molar-refractivity contribution is 0.472. The largest absolute Gasteiger partial charge is 0.456 e. The summed E-state index contributed by atoms with van der Waals surface area (Å²) in [4.78, 5) is 4.32. The average Bonchev–Trinajstić information content (AvgIpc) is 3.19. The van der Waals surface area contributed by atoms with Crippen molar-refractivity contribution in [1.29, 1.82) is 0 Å². The van der Waals surface area contributed by atoms with Gasteiger partial charge in [-0.25, -0.2) is 0 Å². The van der Waals surface area contributed by atoms with Crippen LogP contribution in [0.3, 0.4) is 0 Å². The molecule has 5 aromatic carbocycles. The Morgan fingerprint density at radius 1 is 0.627 bits per heavy atom. The number of dihydropyridines is 2. The Bertz CT molecular complexity index is 2410. The number of para-hydroxylation sites is 3. The van der Waals surface area contributed by atoms with Gasteiger partial charge >= 0.3 is 0 Å². The molecular formula is C45H34N4O2. The summed E-state index contributed by atoms with van der Waals surface area (Å²) in [6.07, 6.45) is 14.2. The van der Waals surface area contributed by atoms with Crippen molar-refractivity contribution in [2.24, 2.45) is 0 Å². The number of anilines is 2. The van der Waals surface area contributed by atoms with Gasteiger partial charge in [0.15, 0.2) is 0 Å². The zero-order chi connectivity index (χ0) is 34.0. The van der Waals surface area contributed by atoms with Crippen molar-refractivity contribution in [3.8, 4) is 45.3 Å². The molecule has 0 bridgehead atoms. The SMILES string of the molecule is C1=CNCC(c2ccccc2Nc2ccc3c(c2)Oc2ccccc2-c2ccccc2Oc2cc(C4=CCNC(c5cccnc5)=C4)ccc2-3)=C1. The van der Waals surface area contributed by atoms with Crippen molar-refractivity contribution in [3.05, 3.63) is 181 Å². The Labute approximate surface area is 297 Å². The van der Waals surface area contributed by atoms with Crippen LogP contribution in [0.2, 0.25) is 0 Å². The van der Waals surface area contributed by atoms with E-state index in [0.717, 1.165) is 91.1 Å². The first-order chi connectivity index (χ1) is 25.3. The molecule has 6 aromatic rings. The fraction of sp³-hybridized carbons (Fsp3) is 0.0444. The van der Waals surface area contributed by atoms with E-state index >= 15 is 0 Å². The normalized spacial score (nSPS) is 14.2. The Balaban J connectivity index is 1.17. The number of ether oxygens (including phenoxy) is 2. The first-order valence-electron chi connectivity index (χ1n) is 17.1. The van der Waals surface area contributed by atoms with Gasteiger partial charge in [0.1, 0.15) is 23.0 Å². The van der Waals surface area contributed by atoms with Crippen LogP contribution in [-0.2, 0) is 0 Å². The van der Waals surface area contributed by atoms with Gasteiger partial charge in [0.05, 0.1) is 0 Å². The lowest BCUT2D eigenvalue weighted by Gasteiger charge is -2.23. The number of hydrogen-bond donors (Lipinski definition) is 3. The third kappa shape index (κ3) is 6.04. The van der Waals surface area contributed by atoms with E-state index < -0.39 is 0 Å². The molecule has 6 heteroatoms. The number of aromatic nitrogens is 1. The summed E-state index contributed by atoms with van der Waals surface area (Å²) >= 11 is 0. The molecule has 0 saturated carbocycles. The summed E-state index contributed by atoms with van der Waals surface area (Å²) in [6.45, 7) is 1.49. The van der Waals surface area contributed by atoms with Crippen LogP contribution in [0.5, 0.6) is 23.0 Å². The van der Waals surface area contributed by atoms with Crippen molar-refractivity contribution < 1.29 is 9.47 Å². The van der Waals surface area contributed by atoms with Crippen LogP contribution in [-0.4, -0.2) is 18.1 Å². The minimum atomic E-state index is 0.716. The second kappa shape index (κ2) is 13.3. The van der Waals surface area contributed by atoms with Gasteiger partial charge in [0.25, 0.3) is 0 Å². The molecule has 0 radical (unpaired) electrons. The molecule has 1 aromatic heterocycles. The van der Waals surface area contributed by atoms with E-state index in [0.29, 0.717) is 6.54 Å². The zero-order valence-corrected chi connectivity index (χ0v) is 27.8. The maximum atomic E-state index is 6.92. The molecule has 51 heavy (non-hydrogen) atoms. The highest BCUT2D eigenvalue weighted by atomic mass is 16.5. The Kier molecular flexibility index (Phi) is 7.87. The zero-order valence-electron chi connectivity index (χ0n) is 27.8. The van der Waals surface area contributed by atoms with Crippen molar-refractivity contribution in [1.82, 2.24) is 15.6 Å². The number of hydrogen-bond acceptors (Lipinski definition) is 6. The molecule has 4 heterocycles. The highest BCUT2D eigenvalue weighted by Gasteiger charge is 2.22. The van der Waals surface area contributed by atoms with Gasteiger partial charge in [-0.15, -0.1) is 0 Å². The van der Waals surface area contributed by atoms with E-state index in [1.54, 1.807) is 6.20 Å². The molecule has 3 aliphatic heterocycles. The third-order valence-electron chi connectivity index (χ3n) is 9.33. The molecule has 0 atom stereocenters. The van der Waals surface area contributed by atoms with Crippen LogP contribution in [0.25, 0.3) is 39.1 Å². The molecule has 246 valence electrons. The first kappa shape index (κ1) is 30.3. The molecular weight excluding hydrogens is 629 g/mol. The lowest BCUT2D eigenvalue weighted by atomic mass is 9.95. The van der Waals surface area contributed by atoms with Crippen LogP contribution >= 0.6 is 0 Å². The standard InChI is InChI=1S/C45H34N4O2/c1-4-14-40(35(11-1)32-9-7-22-46-28-32)49-34-18-20-39-38-19-17-30(31-21-24-48-41(25-31)33-10-8-23-47-29-33)26-44(38)50-42-15-5-2-12-36(42)37-13-3-6-16-43(37)51-45(39)27-34/h1-23,25-27,29,46,48-49H,24,28H2. The van der Waals surface area contributed by atoms with Crippen LogP contribution in [0.4, 0.5) is 11.4 Å². The Morgan fingerprint density at radius 2 is 1.33 bits per heavy atom. The van der Waals surface area contributed by atoms with Crippen LogP contribution < -0.4 is 25.4 Å². The van der Waals surface area contributed by atoms with Crippen LogP contribution in [0.15, 0.2) is 164 Å². The highest BCUT2D eigenvalue weighted by Crippen LogP contribution is 2.48. The van der Waals surface area contributed by atoms with Gasteiger partial charge in [-0.1, -0.05) is 72.8 Å². The van der Waals surface area contributed by atoms with Crippen molar-refractivity contribution in [3.63, 3.8) is 0 Å². The number of fused-ring (bicyclic) bond motifs is 6. The second-order valence-electron chi connectivity index (χ2n) is 12.6. The topological polar surface area (TPSA) is 67.4 Å². The molecule has 9 rings (SSSR count). The van der Waals surface area contributed by atoms with Crippen molar-refractivity contribution in [2.45, 2.75) is 0 Å². The fourth-order valence-electron chi connectivity index (χ4n) is 6.83. The van der Waals surface area contributed by atoms with E-state index in [1.165, 1.54) is 5.57 Å². The summed E-state index contributed by atoms with van der Waals surface area (Å²) < 4.78 is 13.8. The predicted octanol–water partition coefficient (Wildman–Crippen LogP) is 10.6.